The van der Waals surface area contributed by atoms with Gasteiger partial charge in [0, 0.05) is 19.0 Å². The van der Waals surface area contributed by atoms with Crippen molar-refractivity contribution in [1.29, 1.82) is 0 Å². The predicted octanol–water partition coefficient (Wildman–Crippen LogP) is 3.15. The Morgan fingerprint density at radius 1 is 1.08 bits per heavy atom. The van der Waals surface area contributed by atoms with Gasteiger partial charge in [-0.1, -0.05) is 20.8 Å². The molecule has 1 amide bonds. The second-order valence-electron chi connectivity index (χ2n) is 8.16. The van der Waals surface area contributed by atoms with Gasteiger partial charge in [0.2, 0.25) is 0 Å². The van der Waals surface area contributed by atoms with Gasteiger partial charge in [0.15, 0.2) is 0 Å². The highest BCUT2D eigenvalue weighted by Gasteiger charge is 2.40. The van der Waals surface area contributed by atoms with Crippen LogP contribution in [0, 0.1) is 17.3 Å². The first-order valence-electron chi connectivity index (χ1n) is 8.93. The molecule has 1 N–H and O–H groups in total. The molecule has 1 heterocycles. The summed E-state index contributed by atoms with van der Waals surface area (Å²) in [5.74, 6) is 0.0681. The molecule has 2 unspecified atom stereocenters. The van der Waals surface area contributed by atoms with Gasteiger partial charge >= 0.3 is 12.1 Å². The van der Waals surface area contributed by atoms with Gasteiger partial charge in [0.1, 0.15) is 0 Å². The molecule has 0 aromatic carbocycles. The van der Waals surface area contributed by atoms with Crippen LogP contribution in [0.3, 0.4) is 0 Å². The van der Waals surface area contributed by atoms with Gasteiger partial charge in [-0.2, -0.15) is 0 Å². The number of carbonyl (C=O) groups is 2. The highest BCUT2D eigenvalue weighted by Crippen LogP contribution is 2.37. The van der Waals surface area contributed by atoms with Crippen LogP contribution in [0.25, 0.3) is 0 Å². The number of carbonyl (C=O) groups excluding carboxylic acids is 1. The first-order chi connectivity index (χ1) is 11.2. The predicted molar refractivity (Wildman–Crippen MR) is 89.8 cm³/mol. The minimum Gasteiger partial charge on any atom is -0.469 e. The third-order valence-electron chi connectivity index (χ3n) is 5.51. The van der Waals surface area contributed by atoms with E-state index in [0.717, 1.165) is 32.1 Å². The maximum absolute atomic E-state index is 11.6. The Hall–Kier alpha value is -1.30. The topological polar surface area (TPSA) is 76.1 Å². The number of carboxylic acid groups (broad SMARTS) is 1. The van der Waals surface area contributed by atoms with Crippen LogP contribution in [0.2, 0.25) is 0 Å². The Morgan fingerprint density at radius 3 is 2.21 bits per heavy atom. The van der Waals surface area contributed by atoms with E-state index in [-0.39, 0.29) is 35.4 Å². The number of amides is 1. The summed E-state index contributed by atoms with van der Waals surface area (Å²) in [6.45, 7) is 7.50. The molecule has 2 atom stereocenters. The van der Waals surface area contributed by atoms with Crippen LogP contribution in [0.1, 0.15) is 52.9 Å². The second-order valence-corrected chi connectivity index (χ2v) is 8.16. The van der Waals surface area contributed by atoms with Crippen LogP contribution in [-0.2, 0) is 14.3 Å². The third-order valence-corrected chi connectivity index (χ3v) is 5.51. The van der Waals surface area contributed by atoms with Gasteiger partial charge in [-0.05, 0) is 37.5 Å². The van der Waals surface area contributed by atoms with E-state index in [0.29, 0.717) is 13.1 Å². The number of esters is 1. The molecule has 1 aliphatic carbocycles. The number of nitrogens with zero attached hydrogens (tertiary/aromatic N) is 1. The quantitative estimate of drug-likeness (QED) is 0.798. The largest absolute Gasteiger partial charge is 0.469 e. The fourth-order valence-corrected chi connectivity index (χ4v) is 3.95. The molecule has 2 aliphatic rings. The Bertz CT molecular complexity index is 451. The molecule has 2 fully saturated rings. The molecule has 6 heteroatoms. The lowest BCUT2D eigenvalue weighted by Crippen LogP contribution is -2.51. The first-order valence-corrected chi connectivity index (χ1v) is 8.93. The van der Waals surface area contributed by atoms with E-state index >= 15 is 0 Å². The van der Waals surface area contributed by atoms with E-state index in [1.54, 1.807) is 0 Å². The molecule has 0 bridgehead atoms. The second kappa shape index (κ2) is 7.72. The summed E-state index contributed by atoms with van der Waals surface area (Å²) in [7, 11) is 1.44. The minimum atomic E-state index is -0.846. The van der Waals surface area contributed by atoms with Gasteiger partial charge < -0.3 is 19.5 Å². The van der Waals surface area contributed by atoms with Gasteiger partial charge in [0.05, 0.1) is 25.2 Å². The molecule has 1 saturated heterocycles. The summed E-state index contributed by atoms with van der Waals surface area (Å²) in [5.41, 5.74) is -0.0119. The summed E-state index contributed by atoms with van der Waals surface area (Å²) in [4.78, 5) is 24.4. The van der Waals surface area contributed by atoms with E-state index in [2.05, 4.69) is 20.8 Å². The fourth-order valence-electron chi connectivity index (χ4n) is 3.95. The van der Waals surface area contributed by atoms with Crippen LogP contribution >= 0.6 is 0 Å². The van der Waals surface area contributed by atoms with Crippen molar-refractivity contribution < 1.29 is 24.2 Å². The number of methoxy groups -OCH3 is 1. The van der Waals surface area contributed by atoms with E-state index in [1.807, 2.05) is 0 Å². The van der Waals surface area contributed by atoms with Crippen molar-refractivity contribution in [2.45, 2.75) is 65.1 Å². The van der Waals surface area contributed by atoms with Crippen LogP contribution in [0.5, 0.6) is 0 Å². The minimum absolute atomic E-state index is 0.00196. The number of rotatable bonds is 3. The number of hydrogen-bond donors (Lipinski definition) is 1. The van der Waals surface area contributed by atoms with Gasteiger partial charge in [0.25, 0.3) is 0 Å². The van der Waals surface area contributed by atoms with Crippen LogP contribution in [0.4, 0.5) is 4.79 Å². The summed E-state index contributed by atoms with van der Waals surface area (Å²) >= 11 is 0. The molecule has 24 heavy (non-hydrogen) atoms. The summed E-state index contributed by atoms with van der Waals surface area (Å²) in [5, 5.41) is 9.28. The smallest absolute Gasteiger partial charge is 0.407 e. The van der Waals surface area contributed by atoms with Crippen molar-refractivity contribution in [2.24, 2.45) is 17.3 Å². The zero-order valence-corrected chi connectivity index (χ0v) is 15.3. The first kappa shape index (κ1) is 19.0. The normalized spacial score (nSPS) is 31.6. The fraction of sp³-hybridized carbons (Fsp3) is 0.889. The van der Waals surface area contributed by atoms with Crippen molar-refractivity contribution in [3.63, 3.8) is 0 Å². The van der Waals surface area contributed by atoms with Gasteiger partial charge in [-0.15, -0.1) is 0 Å². The number of likely N-dealkylation sites (tertiary alicyclic amines) is 1. The maximum Gasteiger partial charge on any atom is 0.407 e. The van der Waals surface area contributed by atoms with E-state index in [9.17, 15) is 14.7 Å². The molecule has 1 aliphatic heterocycles. The summed E-state index contributed by atoms with van der Waals surface area (Å²) < 4.78 is 11.2. The maximum atomic E-state index is 11.6. The van der Waals surface area contributed by atoms with Crippen molar-refractivity contribution in [3.8, 4) is 0 Å². The van der Waals surface area contributed by atoms with E-state index < -0.39 is 6.09 Å². The van der Waals surface area contributed by atoms with Crippen molar-refractivity contribution >= 4 is 12.1 Å². The Morgan fingerprint density at radius 2 is 1.71 bits per heavy atom. The zero-order valence-electron chi connectivity index (χ0n) is 15.3. The van der Waals surface area contributed by atoms with E-state index in [4.69, 9.17) is 9.47 Å². The molecule has 0 radical (unpaired) electrons. The molecular weight excluding hydrogens is 310 g/mol. The molecule has 0 aromatic rings. The lowest BCUT2D eigenvalue weighted by Gasteiger charge is -2.45. The van der Waals surface area contributed by atoms with Crippen LogP contribution in [0.15, 0.2) is 0 Å². The van der Waals surface area contributed by atoms with Crippen molar-refractivity contribution in [2.75, 3.05) is 20.2 Å². The molecule has 6 nitrogen and oxygen atoms in total. The monoisotopic (exact) mass is 341 g/mol. The zero-order chi connectivity index (χ0) is 17.9. The van der Waals surface area contributed by atoms with Crippen LogP contribution in [-0.4, -0.2) is 54.5 Å². The summed E-state index contributed by atoms with van der Waals surface area (Å²) in [6.07, 6.45) is 3.51. The average Bonchev–Trinajstić information content (AvgIpc) is 2.54. The third kappa shape index (κ3) is 4.62. The lowest BCUT2D eigenvalue weighted by atomic mass is 9.74. The highest BCUT2D eigenvalue weighted by atomic mass is 16.5. The van der Waals surface area contributed by atoms with E-state index in [1.165, 1.54) is 12.0 Å². The molecule has 1 saturated carbocycles. The van der Waals surface area contributed by atoms with Crippen molar-refractivity contribution in [3.05, 3.63) is 0 Å². The number of hydrogen-bond acceptors (Lipinski definition) is 4. The lowest BCUT2D eigenvalue weighted by molar-refractivity contribution is -0.149. The number of piperidine rings is 1. The molecule has 0 spiro atoms. The van der Waals surface area contributed by atoms with Crippen molar-refractivity contribution in [1.82, 2.24) is 4.90 Å². The number of ether oxygens (including phenoxy) is 2. The molecule has 138 valence electrons. The Balaban J connectivity index is 1.93. The summed E-state index contributed by atoms with van der Waals surface area (Å²) in [6, 6.07) is 0. The molecular formula is C18H31NO5. The Kier molecular flexibility index (Phi) is 6.12. The SMILES string of the molecule is COC(=O)C1CCC(OC2CCN(C(=O)O)CC2C(C)(C)C)CC1. The van der Waals surface area contributed by atoms with Crippen LogP contribution < -0.4 is 0 Å². The Labute approximate surface area is 144 Å². The molecule has 0 aromatic heterocycles. The average molecular weight is 341 g/mol. The van der Waals surface area contributed by atoms with Gasteiger partial charge in [-0.25, -0.2) is 4.79 Å². The highest BCUT2D eigenvalue weighted by molar-refractivity contribution is 5.72. The van der Waals surface area contributed by atoms with Gasteiger partial charge in [-0.3, -0.25) is 4.79 Å². The standard InChI is InChI=1S/C18H31NO5/c1-18(2,3)14-11-19(17(21)22)10-9-15(14)24-13-7-5-12(6-8-13)16(20)23-4/h12-15H,5-11H2,1-4H3,(H,21,22). The molecule has 2 rings (SSSR count).